The van der Waals surface area contributed by atoms with E-state index in [2.05, 4.69) is 18.7 Å². The Labute approximate surface area is 119 Å². The molecule has 0 aromatic heterocycles. The van der Waals surface area contributed by atoms with Gasteiger partial charge in [0.2, 0.25) is 0 Å². The van der Waals surface area contributed by atoms with Gasteiger partial charge in [-0.15, -0.1) is 17.0 Å². The summed E-state index contributed by atoms with van der Waals surface area (Å²) in [6.07, 6.45) is 14.4. The average Bonchev–Trinajstić information content (AvgIpc) is 2.81. The van der Waals surface area contributed by atoms with E-state index >= 15 is 0 Å². The molecule has 0 aliphatic carbocycles. The first-order chi connectivity index (χ1) is 7.84. The van der Waals surface area contributed by atoms with Crippen LogP contribution >= 0.6 is 17.0 Å². The molecule has 1 fully saturated rings. The second kappa shape index (κ2) is 11.5. The van der Waals surface area contributed by atoms with E-state index in [1.165, 1.54) is 77.3 Å². The third kappa shape index (κ3) is 8.20. The Bertz CT molecular complexity index is 155. The summed E-state index contributed by atoms with van der Waals surface area (Å²) in [6, 6.07) is 0.846. The van der Waals surface area contributed by atoms with Crippen LogP contribution in [0.4, 0.5) is 0 Å². The molecule has 1 aliphatic rings. The largest absolute Gasteiger partial charge is 0.301 e. The highest BCUT2D eigenvalue weighted by atomic mass is 79.9. The van der Waals surface area contributed by atoms with Gasteiger partial charge in [-0.3, -0.25) is 0 Å². The van der Waals surface area contributed by atoms with Crippen molar-refractivity contribution in [3.8, 4) is 0 Å². The molecule has 1 unspecified atom stereocenters. The lowest BCUT2D eigenvalue weighted by molar-refractivity contribution is 0.242. The van der Waals surface area contributed by atoms with Crippen molar-refractivity contribution >= 4 is 17.0 Å². The quantitative estimate of drug-likeness (QED) is 0.530. The summed E-state index contributed by atoms with van der Waals surface area (Å²) >= 11 is 0. The Hall–Kier alpha value is 0.440. The van der Waals surface area contributed by atoms with Gasteiger partial charge in [0.05, 0.1) is 0 Å². The van der Waals surface area contributed by atoms with Crippen LogP contribution in [0.25, 0.3) is 0 Å². The molecule has 1 aliphatic heterocycles. The topological polar surface area (TPSA) is 3.24 Å². The van der Waals surface area contributed by atoms with E-state index in [1.54, 1.807) is 0 Å². The van der Waals surface area contributed by atoms with Crippen molar-refractivity contribution in [3.63, 3.8) is 0 Å². The van der Waals surface area contributed by atoms with Gasteiger partial charge >= 0.3 is 0 Å². The van der Waals surface area contributed by atoms with E-state index in [0.717, 1.165) is 6.04 Å². The van der Waals surface area contributed by atoms with Gasteiger partial charge in [0.25, 0.3) is 0 Å². The fourth-order valence-electron chi connectivity index (χ4n) is 2.76. The fourth-order valence-corrected chi connectivity index (χ4v) is 2.76. The van der Waals surface area contributed by atoms with Crippen molar-refractivity contribution in [1.29, 1.82) is 0 Å². The van der Waals surface area contributed by atoms with Gasteiger partial charge in [-0.05, 0) is 39.3 Å². The molecule has 1 nitrogen and oxygen atoms in total. The molecule has 1 saturated heterocycles. The smallest absolute Gasteiger partial charge is 0.00669 e. The molecule has 1 heterocycles. The molecular formula is C15H32BrN. The van der Waals surface area contributed by atoms with Gasteiger partial charge < -0.3 is 4.90 Å². The molecule has 0 aromatic carbocycles. The van der Waals surface area contributed by atoms with Crippen LogP contribution in [-0.2, 0) is 0 Å². The van der Waals surface area contributed by atoms with Crippen LogP contribution in [0, 0.1) is 0 Å². The molecule has 17 heavy (non-hydrogen) atoms. The second-order valence-corrected chi connectivity index (χ2v) is 5.50. The average molecular weight is 306 g/mol. The second-order valence-electron chi connectivity index (χ2n) is 5.50. The Balaban J connectivity index is 0.00000256. The fraction of sp³-hybridized carbons (Fsp3) is 1.00. The predicted octanol–water partition coefficient (Wildman–Crippen LogP) is 5.19. The minimum atomic E-state index is 0. The van der Waals surface area contributed by atoms with Crippen molar-refractivity contribution < 1.29 is 0 Å². The molecule has 0 saturated carbocycles. The highest BCUT2D eigenvalue weighted by molar-refractivity contribution is 8.93. The number of halogens is 1. The first kappa shape index (κ1) is 17.4. The molecule has 2 heteroatoms. The standard InChI is InChI=1S/C15H31N.BrH/c1-3-4-5-6-7-8-9-12-15(2)16-13-10-11-14-16;/h15H,3-14H2,1-2H3;1H. The van der Waals surface area contributed by atoms with Gasteiger partial charge in [0.15, 0.2) is 0 Å². The van der Waals surface area contributed by atoms with Crippen molar-refractivity contribution in [2.24, 2.45) is 0 Å². The van der Waals surface area contributed by atoms with Crippen LogP contribution in [-0.4, -0.2) is 24.0 Å². The van der Waals surface area contributed by atoms with E-state index in [0.29, 0.717) is 0 Å². The zero-order valence-corrected chi connectivity index (χ0v) is 13.6. The number of unbranched alkanes of at least 4 members (excludes halogenated alkanes) is 6. The van der Waals surface area contributed by atoms with Crippen LogP contribution < -0.4 is 0 Å². The Morgan fingerprint density at radius 1 is 0.882 bits per heavy atom. The summed E-state index contributed by atoms with van der Waals surface area (Å²) in [5.41, 5.74) is 0. The Morgan fingerprint density at radius 2 is 1.41 bits per heavy atom. The SMILES string of the molecule is Br.CCCCCCCCCC(C)N1CCCC1. The van der Waals surface area contributed by atoms with E-state index in [9.17, 15) is 0 Å². The Kier molecular flexibility index (Phi) is 11.8. The van der Waals surface area contributed by atoms with E-state index in [4.69, 9.17) is 0 Å². The predicted molar refractivity (Wildman–Crippen MR) is 83.2 cm³/mol. The van der Waals surface area contributed by atoms with E-state index in [1.807, 2.05) is 0 Å². The minimum Gasteiger partial charge on any atom is -0.301 e. The van der Waals surface area contributed by atoms with Gasteiger partial charge in [-0.1, -0.05) is 51.9 Å². The highest BCUT2D eigenvalue weighted by Crippen LogP contribution is 2.16. The summed E-state index contributed by atoms with van der Waals surface area (Å²) < 4.78 is 0. The lowest BCUT2D eigenvalue weighted by Crippen LogP contribution is -2.29. The van der Waals surface area contributed by atoms with Crippen LogP contribution in [0.1, 0.15) is 78.1 Å². The monoisotopic (exact) mass is 305 g/mol. The zero-order chi connectivity index (χ0) is 11.6. The number of nitrogens with zero attached hydrogens (tertiary/aromatic N) is 1. The molecule has 0 radical (unpaired) electrons. The molecule has 0 bridgehead atoms. The molecule has 1 rings (SSSR count). The summed E-state index contributed by atoms with van der Waals surface area (Å²) in [5, 5.41) is 0. The lowest BCUT2D eigenvalue weighted by Gasteiger charge is -2.23. The van der Waals surface area contributed by atoms with Crippen molar-refractivity contribution in [1.82, 2.24) is 4.90 Å². The highest BCUT2D eigenvalue weighted by Gasteiger charge is 2.16. The number of rotatable bonds is 9. The maximum atomic E-state index is 2.68. The minimum absolute atomic E-state index is 0. The first-order valence-corrected chi connectivity index (χ1v) is 7.58. The van der Waals surface area contributed by atoms with Crippen LogP contribution in [0.2, 0.25) is 0 Å². The molecule has 0 aromatic rings. The lowest BCUT2D eigenvalue weighted by atomic mass is 10.1. The molecule has 0 amide bonds. The molecule has 0 spiro atoms. The normalized spacial score (nSPS) is 18.0. The number of hydrogen-bond donors (Lipinski definition) is 0. The van der Waals surface area contributed by atoms with Crippen molar-refractivity contribution in [2.45, 2.75) is 84.1 Å². The maximum Gasteiger partial charge on any atom is 0.00669 e. The summed E-state index contributed by atoms with van der Waals surface area (Å²) in [6.45, 7) is 7.43. The summed E-state index contributed by atoms with van der Waals surface area (Å²) in [4.78, 5) is 2.68. The molecule has 104 valence electrons. The van der Waals surface area contributed by atoms with Gasteiger partial charge in [0, 0.05) is 6.04 Å². The molecule has 1 atom stereocenters. The summed E-state index contributed by atoms with van der Waals surface area (Å²) in [5.74, 6) is 0. The van der Waals surface area contributed by atoms with Crippen molar-refractivity contribution in [3.05, 3.63) is 0 Å². The van der Waals surface area contributed by atoms with Gasteiger partial charge in [-0.2, -0.15) is 0 Å². The number of likely N-dealkylation sites (tertiary alicyclic amines) is 1. The zero-order valence-electron chi connectivity index (χ0n) is 11.9. The van der Waals surface area contributed by atoms with Gasteiger partial charge in [-0.25, -0.2) is 0 Å². The van der Waals surface area contributed by atoms with Crippen molar-refractivity contribution in [2.75, 3.05) is 13.1 Å². The maximum absolute atomic E-state index is 2.68. The molecular weight excluding hydrogens is 274 g/mol. The van der Waals surface area contributed by atoms with Gasteiger partial charge in [0.1, 0.15) is 0 Å². The first-order valence-electron chi connectivity index (χ1n) is 7.58. The number of hydrogen-bond acceptors (Lipinski definition) is 1. The van der Waals surface area contributed by atoms with Crippen LogP contribution in [0.15, 0.2) is 0 Å². The Morgan fingerprint density at radius 3 is 2.00 bits per heavy atom. The molecule has 0 N–H and O–H groups in total. The third-order valence-corrected chi connectivity index (χ3v) is 3.99. The van der Waals surface area contributed by atoms with E-state index in [-0.39, 0.29) is 17.0 Å². The van der Waals surface area contributed by atoms with Crippen LogP contribution in [0.5, 0.6) is 0 Å². The van der Waals surface area contributed by atoms with E-state index < -0.39 is 0 Å². The summed E-state index contributed by atoms with van der Waals surface area (Å²) in [7, 11) is 0. The van der Waals surface area contributed by atoms with Crippen LogP contribution in [0.3, 0.4) is 0 Å². The third-order valence-electron chi connectivity index (χ3n) is 3.99.